The molecular formula is C10H5ClF3NO2. The van der Waals surface area contributed by atoms with Crippen molar-refractivity contribution in [3.05, 3.63) is 33.8 Å². The van der Waals surface area contributed by atoms with E-state index in [2.05, 4.69) is 0 Å². The molecule has 0 aliphatic heterocycles. The molecule has 0 spiro atoms. The predicted octanol–water partition coefficient (Wildman–Crippen LogP) is 2.86. The first-order valence-corrected chi connectivity index (χ1v) is 4.65. The van der Waals surface area contributed by atoms with Crippen LogP contribution in [0.4, 0.5) is 13.2 Å². The van der Waals surface area contributed by atoms with E-state index in [4.69, 9.17) is 22.0 Å². The second-order valence-electron chi connectivity index (χ2n) is 3.16. The van der Waals surface area contributed by atoms with E-state index in [0.717, 1.165) is 0 Å². The normalized spacial score (nSPS) is 11.0. The molecule has 0 amide bonds. The van der Waals surface area contributed by atoms with Crippen LogP contribution in [0.15, 0.2) is 12.1 Å². The number of alkyl halides is 3. The molecule has 0 aromatic heterocycles. The molecule has 1 aromatic rings. The highest BCUT2D eigenvalue weighted by atomic mass is 35.5. The fraction of sp³-hybridized carbons (Fsp3) is 0.200. The van der Waals surface area contributed by atoms with Crippen molar-refractivity contribution in [1.29, 1.82) is 5.26 Å². The van der Waals surface area contributed by atoms with Crippen LogP contribution in [-0.2, 0) is 17.4 Å². The summed E-state index contributed by atoms with van der Waals surface area (Å²) in [5.41, 5.74) is -1.57. The maximum Gasteiger partial charge on any atom is 0.416 e. The third-order valence-corrected chi connectivity index (χ3v) is 2.31. The Morgan fingerprint density at radius 1 is 1.47 bits per heavy atom. The van der Waals surface area contributed by atoms with Crippen LogP contribution in [0.25, 0.3) is 0 Å². The van der Waals surface area contributed by atoms with Gasteiger partial charge in [-0.2, -0.15) is 18.4 Å². The zero-order chi connectivity index (χ0) is 13.2. The lowest BCUT2D eigenvalue weighted by Gasteiger charge is -2.10. The molecule has 0 fully saturated rings. The summed E-state index contributed by atoms with van der Waals surface area (Å²) in [6, 6.07) is 2.71. The van der Waals surface area contributed by atoms with Gasteiger partial charge < -0.3 is 5.11 Å². The quantitative estimate of drug-likeness (QED) is 0.892. The number of carbonyl (C=O) groups is 1. The van der Waals surface area contributed by atoms with E-state index in [1.54, 1.807) is 0 Å². The van der Waals surface area contributed by atoms with Crippen molar-refractivity contribution in [3.63, 3.8) is 0 Å². The fourth-order valence-corrected chi connectivity index (χ4v) is 1.52. The molecule has 0 unspecified atom stereocenters. The molecule has 90 valence electrons. The molecule has 0 heterocycles. The standard InChI is InChI=1S/C10H5ClF3NO2/c11-8-2-6(10(12,13)14)1-5(4-15)7(8)3-9(16)17/h1-2H,3H2,(H,16,17). The van der Waals surface area contributed by atoms with Gasteiger partial charge in [0.2, 0.25) is 0 Å². The molecule has 0 radical (unpaired) electrons. The molecule has 7 heteroatoms. The number of carboxylic acid groups (broad SMARTS) is 1. The first kappa shape index (κ1) is 13.3. The van der Waals surface area contributed by atoms with Gasteiger partial charge in [0.15, 0.2) is 0 Å². The molecule has 0 aliphatic rings. The van der Waals surface area contributed by atoms with Crippen molar-refractivity contribution in [2.75, 3.05) is 0 Å². The van der Waals surface area contributed by atoms with E-state index in [9.17, 15) is 18.0 Å². The van der Waals surface area contributed by atoms with E-state index in [1.807, 2.05) is 0 Å². The van der Waals surface area contributed by atoms with Gasteiger partial charge in [0.1, 0.15) is 0 Å². The van der Waals surface area contributed by atoms with Gasteiger partial charge in [0, 0.05) is 5.02 Å². The Labute approximate surface area is 99.0 Å². The predicted molar refractivity (Wildman–Crippen MR) is 52.5 cm³/mol. The van der Waals surface area contributed by atoms with Crippen LogP contribution in [0.2, 0.25) is 5.02 Å². The smallest absolute Gasteiger partial charge is 0.416 e. The summed E-state index contributed by atoms with van der Waals surface area (Å²) >= 11 is 5.55. The van der Waals surface area contributed by atoms with Gasteiger partial charge in [-0.15, -0.1) is 0 Å². The summed E-state index contributed by atoms with van der Waals surface area (Å²) in [5, 5.41) is 16.9. The van der Waals surface area contributed by atoms with Crippen LogP contribution in [0.3, 0.4) is 0 Å². The Kier molecular flexibility index (Phi) is 3.63. The molecule has 17 heavy (non-hydrogen) atoms. The maximum atomic E-state index is 12.4. The third-order valence-electron chi connectivity index (χ3n) is 1.97. The van der Waals surface area contributed by atoms with Gasteiger partial charge in [-0.1, -0.05) is 11.6 Å². The van der Waals surface area contributed by atoms with Crippen molar-refractivity contribution >= 4 is 17.6 Å². The van der Waals surface area contributed by atoms with Crippen molar-refractivity contribution in [3.8, 4) is 6.07 Å². The molecule has 1 N–H and O–H groups in total. The van der Waals surface area contributed by atoms with Gasteiger partial charge in [-0.3, -0.25) is 4.79 Å². The maximum absolute atomic E-state index is 12.4. The Morgan fingerprint density at radius 2 is 2.06 bits per heavy atom. The average molecular weight is 264 g/mol. The minimum absolute atomic E-state index is 0.116. The minimum Gasteiger partial charge on any atom is -0.481 e. The van der Waals surface area contributed by atoms with Gasteiger partial charge in [0.05, 0.1) is 23.6 Å². The highest BCUT2D eigenvalue weighted by Gasteiger charge is 2.32. The average Bonchev–Trinajstić information content (AvgIpc) is 2.18. The summed E-state index contributed by atoms with van der Waals surface area (Å²) in [4.78, 5) is 10.5. The highest BCUT2D eigenvalue weighted by molar-refractivity contribution is 6.31. The summed E-state index contributed by atoms with van der Waals surface area (Å²) in [6.07, 6.45) is -5.23. The van der Waals surface area contributed by atoms with E-state index in [0.29, 0.717) is 12.1 Å². The Morgan fingerprint density at radius 3 is 2.47 bits per heavy atom. The van der Waals surface area contributed by atoms with Crippen LogP contribution in [0.1, 0.15) is 16.7 Å². The second kappa shape index (κ2) is 4.63. The van der Waals surface area contributed by atoms with Gasteiger partial charge in [0.25, 0.3) is 0 Å². The molecule has 3 nitrogen and oxygen atoms in total. The topological polar surface area (TPSA) is 61.1 Å². The second-order valence-corrected chi connectivity index (χ2v) is 3.57. The zero-order valence-corrected chi connectivity index (χ0v) is 8.93. The van der Waals surface area contributed by atoms with Gasteiger partial charge >= 0.3 is 12.1 Å². The molecule has 0 atom stereocenters. The van der Waals surface area contributed by atoms with Crippen LogP contribution in [0, 0.1) is 11.3 Å². The number of nitrogens with zero attached hydrogens (tertiary/aromatic N) is 1. The molecule has 0 bridgehead atoms. The third kappa shape index (κ3) is 3.11. The summed E-state index contributed by atoms with van der Waals surface area (Å²) < 4.78 is 37.2. The molecule has 1 aromatic carbocycles. The largest absolute Gasteiger partial charge is 0.481 e. The number of rotatable bonds is 2. The van der Waals surface area contributed by atoms with Gasteiger partial charge in [-0.05, 0) is 17.7 Å². The van der Waals surface area contributed by atoms with Crippen molar-refractivity contribution in [1.82, 2.24) is 0 Å². The van der Waals surface area contributed by atoms with Crippen LogP contribution in [0.5, 0.6) is 0 Å². The molecule has 0 saturated carbocycles. The number of halogens is 4. The number of carboxylic acids is 1. The summed E-state index contributed by atoms with van der Waals surface area (Å²) in [6.45, 7) is 0. The van der Waals surface area contributed by atoms with Crippen LogP contribution < -0.4 is 0 Å². The van der Waals surface area contributed by atoms with Crippen molar-refractivity contribution in [2.24, 2.45) is 0 Å². The molecule has 0 aliphatic carbocycles. The number of hydrogen-bond donors (Lipinski definition) is 1. The molecular weight excluding hydrogens is 259 g/mol. The number of aliphatic carboxylic acids is 1. The number of nitriles is 1. The zero-order valence-electron chi connectivity index (χ0n) is 8.18. The lowest BCUT2D eigenvalue weighted by Crippen LogP contribution is -2.09. The number of benzene rings is 1. The van der Waals surface area contributed by atoms with E-state index in [1.165, 1.54) is 6.07 Å². The summed E-state index contributed by atoms with van der Waals surface area (Å²) in [5.74, 6) is -1.27. The fourth-order valence-electron chi connectivity index (χ4n) is 1.23. The summed E-state index contributed by atoms with van der Waals surface area (Å²) in [7, 11) is 0. The number of hydrogen-bond acceptors (Lipinski definition) is 2. The first-order chi connectivity index (χ1) is 7.75. The van der Waals surface area contributed by atoms with E-state index in [-0.39, 0.29) is 16.1 Å². The van der Waals surface area contributed by atoms with Crippen LogP contribution >= 0.6 is 11.6 Å². The first-order valence-electron chi connectivity index (χ1n) is 4.27. The van der Waals surface area contributed by atoms with Gasteiger partial charge in [-0.25, -0.2) is 0 Å². The monoisotopic (exact) mass is 263 g/mol. The van der Waals surface area contributed by atoms with Crippen molar-refractivity contribution in [2.45, 2.75) is 12.6 Å². The van der Waals surface area contributed by atoms with Crippen molar-refractivity contribution < 1.29 is 23.1 Å². The SMILES string of the molecule is N#Cc1cc(C(F)(F)F)cc(Cl)c1CC(=O)O. The van der Waals surface area contributed by atoms with E-state index >= 15 is 0 Å². The Balaban J connectivity index is 3.37. The molecule has 0 saturated heterocycles. The Bertz CT molecular complexity index is 505. The lowest BCUT2D eigenvalue weighted by atomic mass is 10.0. The van der Waals surface area contributed by atoms with E-state index < -0.39 is 24.1 Å². The van der Waals surface area contributed by atoms with Crippen LogP contribution in [-0.4, -0.2) is 11.1 Å². The minimum atomic E-state index is -4.63. The lowest BCUT2D eigenvalue weighted by molar-refractivity contribution is -0.137. The highest BCUT2D eigenvalue weighted by Crippen LogP contribution is 2.34. The Hall–Kier alpha value is -1.74. The molecule has 1 rings (SSSR count).